The summed E-state index contributed by atoms with van der Waals surface area (Å²) in [6.07, 6.45) is 2.15. The normalized spacial score (nSPS) is 16.4. The Kier molecular flexibility index (Phi) is 12.4. The Bertz CT molecular complexity index is 837. The Morgan fingerprint density at radius 2 is 1.24 bits per heavy atom. The summed E-state index contributed by atoms with van der Waals surface area (Å²) in [6.45, 7) is 15.2. The van der Waals surface area contributed by atoms with E-state index < -0.39 is 64.6 Å². The Hall–Kier alpha value is -2.49. The van der Waals surface area contributed by atoms with Crippen molar-refractivity contribution in [2.45, 2.75) is 100 Å². The number of nitrogens with one attached hydrogen (secondary N) is 1. The lowest BCUT2D eigenvalue weighted by Crippen LogP contribution is -2.56. The summed E-state index contributed by atoms with van der Waals surface area (Å²) in [5.74, 6) is -3.88. The highest BCUT2D eigenvalue weighted by Crippen LogP contribution is 2.42. The largest absolute Gasteiger partial charge is 0.480 e. The fraction of sp³-hybridized carbons (Fsp3) is 0.815. The van der Waals surface area contributed by atoms with Crippen molar-refractivity contribution in [1.82, 2.24) is 10.2 Å². The summed E-state index contributed by atoms with van der Waals surface area (Å²) < 4.78 is 0. The van der Waals surface area contributed by atoms with Gasteiger partial charge in [-0.1, -0.05) is 55.4 Å². The maximum Gasteiger partial charge on any atom is 0.326 e. The minimum absolute atomic E-state index is 0.0179. The first-order chi connectivity index (χ1) is 16.6. The molecule has 0 aromatic carbocycles. The van der Waals surface area contributed by atoms with E-state index in [1.807, 2.05) is 34.6 Å². The first-order valence-corrected chi connectivity index (χ1v) is 12.9. The highest BCUT2D eigenvalue weighted by Gasteiger charge is 2.45. The minimum atomic E-state index is -1.22. The number of carbonyl (C=O) groups is 5. The van der Waals surface area contributed by atoms with Crippen molar-refractivity contribution in [3.05, 3.63) is 0 Å². The Morgan fingerprint density at radius 1 is 0.784 bits per heavy atom. The molecule has 0 fully saturated rings. The van der Waals surface area contributed by atoms with Crippen LogP contribution >= 0.6 is 0 Å². The van der Waals surface area contributed by atoms with Gasteiger partial charge in [-0.2, -0.15) is 0 Å². The summed E-state index contributed by atoms with van der Waals surface area (Å²) in [7, 11) is 0. The SMILES string of the molecule is CCC(C)(CN(CC(=O)O)CC(=O)O)CC(C)(CC)[C@@H](NC(=O)C(C)(C)CCC(C)(C)C(C)=O)C(=O)O. The summed E-state index contributed by atoms with van der Waals surface area (Å²) >= 11 is 0. The summed E-state index contributed by atoms with van der Waals surface area (Å²) in [4.78, 5) is 61.5. The zero-order valence-electron chi connectivity index (χ0n) is 24.1. The molecule has 0 aliphatic heterocycles. The smallest absolute Gasteiger partial charge is 0.326 e. The van der Waals surface area contributed by atoms with Crippen molar-refractivity contribution < 1.29 is 39.3 Å². The molecule has 0 heterocycles. The Labute approximate surface area is 221 Å². The van der Waals surface area contributed by atoms with E-state index in [1.54, 1.807) is 20.8 Å². The third-order valence-electron chi connectivity index (χ3n) is 7.98. The Morgan fingerprint density at radius 3 is 1.59 bits per heavy atom. The minimum Gasteiger partial charge on any atom is -0.480 e. The lowest BCUT2D eigenvalue weighted by molar-refractivity contribution is -0.148. The molecule has 0 aliphatic carbocycles. The molecule has 3 atom stereocenters. The second kappa shape index (κ2) is 13.3. The number of carbonyl (C=O) groups excluding carboxylic acids is 2. The van der Waals surface area contributed by atoms with E-state index in [4.69, 9.17) is 0 Å². The van der Waals surface area contributed by atoms with Crippen LogP contribution in [0.15, 0.2) is 0 Å². The molecule has 0 aliphatic rings. The van der Waals surface area contributed by atoms with Crippen LogP contribution in [0.4, 0.5) is 0 Å². The lowest BCUT2D eigenvalue weighted by Gasteiger charge is -2.44. The average Bonchev–Trinajstić information content (AvgIpc) is 2.74. The second-order valence-corrected chi connectivity index (χ2v) is 12.3. The van der Waals surface area contributed by atoms with Gasteiger partial charge in [0.15, 0.2) is 0 Å². The van der Waals surface area contributed by atoms with Crippen LogP contribution in [-0.4, -0.2) is 75.5 Å². The van der Waals surface area contributed by atoms with Crippen molar-refractivity contribution in [1.29, 1.82) is 0 Å². The number of nitrogens with zero attached hydrogens (tertiary/aromatic N) is 1. The molecular formula is C27H48N2O8. The zero-order chi connectivity index (χ0) is 29.4. The van der Waals surface area contributed by atoms with Gasteiger partial charge in [-0.15, -0.1) is 0 Å². The molecule has 0 rings (SSSR count). The first kappa shape index (κ1) is 34.5. The number of Topliss-reactive ketones (excluding diaryl/α,β-unsaturated/α-hetero) is 1. The van der Waals surface area contributed by atoms with E-state index in [1.165, 1.54) is 11.8 Å². The van der Waals surface area contributed by atoms with Crippen LogP contribution in [-0.2, 0) is 24.0 Å². The van der Waals surface area contributed by atoms with E-state index >= 15 is 0 Å². The number of aliphatic carboxylic acids is 3. The molecule has 0 saturated carbocycles. The van der Waals surface area contributed by atoms with Gasteiger partial charge in [0, 0.05) is 17.4 Å². The van der Waals surface area contributed by atoms with Crippen LogP contribution in [0.2, 0.25) is 0 Å². The number of carboxylic acids is 3. The maximum absolute atomic E-state index is 13.3. The average molecular weight is 529 g/mol. The van der Waals surface area contributed by atoms with Crippen LogP contribution in [0.25, 0.3) is 0 Å². The van der Waals surface area contributed by atoms with Crippen molar-refractivity contribution in [3.63, 3.8) is 0 Å². The van der Waals surface area contributed by atoms with Crippen molar-refractivity contribution >= 4 is 29.6 Å². The molecule has 10 nitrogen and oxygen atoms in total. The van der Waals surface area contributed by atoms with E-state index in [-0.39, 0.29) is 12.3 Å². The zero-order valence-corrected chi connectivity index (χ0v) is 24.1. The summed E-state index contributed by atoms with van der Waals surface area (Å²) in [6, 6.07) is -1.22. The van der Waals surface area contributed by atoms with E-state index in [0.717, 1.165) is 0 Å². The van der Waals surface area contributed by atoms with Gasteiger partial charge in [-0.05, 0) is 49.9 Å². The second-order valence-electron chi connectivity index (χ2n) is 12.3. The molecule has 4 N–H and O–H groups in total. The van der Waals surface area contributed by atoms with Crippen molar-refractivity contribution in [3.8, 4) is 0 Å². The predicted octanol–water partition coefficient (Wildman–Crippen LogP) is 3.67. The monoisotopic (exact) mass is 528 g/mol. The Balaban J connectivity index is 5.94. The molecule has 0 spiro atoms. The fourth-order valence-electron chi connectivity index (χ4n) is 4.56. The molecule has 10 heteroatoms. The molecule has 0 aromatic heterocycles. The van der Waals surface area contributed by atoms with Gasteiger partial charge in [0.1, 0.15) is 11.8 Å². The molecule has 0 bridgehead atoms. The molecule has 1 amide bonds. The number of hydrogen-bond acceptors (Lipinski definition) is 6. The summed E-state index contributed by atoms with van der Waals surface area (Å²) in [5.41, 5.74) is -3.03. The first-order valence-electron chi connectivity index (χ1n) is 12.9. The number of amides is 1. The van der Waals surface area contributed by atoms with Crippen LogP contribution < -0.4 is 5.32 Å². The summed E-state index contributed by atoms with van der Waals surface area (Å²) in [5, 5.41) is 31.4. The topological polar surface area (TPSA) is 161 Å². The van der Waals surface area contributed by atoms with Gasteiger partial charge >= 0.3 is 17.9 Å². The van der Waals surface area contributed by atoms with Gasteiger partial charge in [-0.25, -0.2) is 4.79 Å². The van der Waals surface area contributed by atoms with E-state index in [2.05, 4.69) is 5.32 Å². The highest BCUT2D eigenvalue weighted by molar-refractivity contribution is 5.87. The van der Waals surface area contributed by atoms with Crippen molar-refractivity contribution in [2.75, 3.05) is 19.6 Å². The van der Waals surface area contributed by atoms with Gasteiger partial charge in [0.2, 0.25) is 5.91 Å². The lowest BCUT2D eigenvalue weighted by atomic mass is 9.66. The van der Waals surface area contributed by atoms with Gasteiger partial charge < -0.3 is 20.6 Å². The third kappa shape index (κ3) is 10.8. The highest BCUT2D eigenvalue weighted by atomic mass is 16.4. The van der Waals surface area contributed by atoms with Crippen LogP contribution in [0.3, 0.4) is 0 Å². The molecule has 0 radical (unpaired) electrons. The molecule has 0 saturated heterocycles. The molecule has 0 aromatic rings. The third-order valence-corrected chi connectivity index (χ3v) is 7.98. The van der Waals surface area contributed by atoms with E-state index in [0.29, 0.717) is 32.1 Å². The van der Waals surface area contributed by atoms with Gasteiger partial charge in [0.25, 0.3) is 0 Å². The van der Waals surface area contributed by atoms with Crippen LogP contribution in [0.1, 0.15) is 94.4 Å². The van der Waals surface area contributed by atoms with E-state index in [9.17, 15) is 39.3 Å². The maximum atomic E-state index is 13.3. The number of rotatable bonds is 18. The van der Waals surface area contributed by atoms with Crippen LogP contribution in [0.5, 0.6) is 0 Å². The quantitative estimate of drug-likeness (QED) is 0.208. The number of hydrogen-bond donors (Lipinski definition) is 4. The van der Waals surface area contributed by atoms with Gasteiger partial charge in [0.05, 0.1) is 13.1 Å². The van der Waals surface area contributed by atoms with Gasteiger partial charge in [-0.3, -0.25) is 24.1 Å². The molecule has 214 valence electrons. The standard InChI is InChI=1S/C27H48N2O8/c1-10-26(8,17-29(14-19(31)32)15-20(33)34)16-27(9,11-2)21(22(35)36)28-23(37)25(6,7)13-12-24(4,5)18(3)30/h21H,10-17H2,1-9H3,(H,28,37)(H,31,32)(H,33,34)(H,35,36)/t21-,26?,27?/m0/s1. The van der Waals surface area contributed by atoms with Crippen molar-refractivity contribution in [2.24, 2.45) is 21.7 Å². The number of carboxylic acid groups (broad SMARTS) is 3. The van der Waals surface area contributed by atoms with Crippen LogP contribution in [0, 0.1) is 21.7 Å². The fourth-order valence-corrected chi connectivity index (χ4v) is 4.56. The predicted molar refractivity (Wildman–Crippen MR) is 140 cm³/mol. The molecular weight excluding hydrogens is 480 g/mol. The molecule has 2 unspecified atom stereocenters. The number of ketones is 1. The molecule has 37 heavy (non-hydrogen) atoms.